The number of ether oxygens (including phenoxy) is 1. The van der Waals surface area contributed by atoms with Crippen LogP contribution in [-0.4, -0.2) is 27.8 Å². The number of hydrogen-bond donors (Lipinski definition) is 1. The molecule has 0 spiro atoms. The smallest absolute Gasteiger partial charge is 0.228 e. The van der Waals surface area contributed by atoms with Crippen LogP contribution in [0.3, 0.4) is 0 Å². The highest BCUT2D eigenvalue weighted by atomic mass is 19.1. The monoisotopic (exact) mass is 326 g/mol. The first-order chi connectivity index (χ1) is 11.7. The lowest BCUT2D eigenvalue weighted by atomic mass is 10.1. The van der Waals surface area contributed by atoms with Gasteiger partial charge in [-0.2, -0.15) is 5.10 Å². The Kier molecular flexibility index (Phi) is 4.51. The molecule has 7 heteroatoms. The Hall–Kier alpha value is -3.22. The highest BCUT2D eigenvalue weighted by Crippen LogP contribution is 2.18. The van der Waals surface area contributed by atoms with Gasteiger partial charge < -0.3 is 10.1 Å². The molecule has 1 heterocycles. The molecule has 3 aromatic rings. The van der Waals surface area contributed by atoms with Crippen molar-refractivity contribution in [3.8, 4) is 11.4 Å². The lowest BCUT2D eigenvalue weighted by molar-refractivity contribution is -0.115. The number of aromatic nitrogens is 3. The third kappa shape index (κ3) is 3.57. The molecule has 3 rings (SSSR count). The molecule has 2 aromatic carbocycles. The zero-order valence-corrected chi connectivity index (χ0v) is 12.9. The van der Waals surface area contributed by atoms with Gasteiger partial charge >= 0.3 is 0 Å². The normalized spacial score (nSPS) is 10.4. The number of nitrogens with one attached hydrogen (secondary N) is 1. The molecular weight excluding hydrogens is 311 g/mol. The maximum atomic E-state index is 13.6. The van der Waals surface area contributed by atoms with E-state index in [1.54, 1.807) is 29.2 Å². The number of carbonyl (C=O) groups excluding carboxylic acids is 1. The zero-order chi connectivity index (χ0) is 16.9. The number of hydrogen-bond acceptors (Lipinski definition) is 4. The van der Waals surface area contributed by atoms with Crippen LogP contribution in [0.1, 0.15) is 5.56 Å². The third-order valence-electron chi connectivity index (χ3n) is 3.42. The minimum atomic E-state index is -0.486. The summed E-state index contributed by atoms with van der Waals surface area (Å²) >= 11 is 0. The lowest BCUT2D eigenvalue weighted by Crippen LogP contribution is -2.14. The van der Waals surface area contributed by atoms with Gasteiger partial charge in [-0.05, 0) is 42.0 Å². The van der Waals surface area contributed by atoms with Crippen molar-refractivity contribution in [1.82, 2.24) is 14.8 Å². The Morgan fingerprint density at radius 2 is 2.04 bits per heavy atom. The summed E-state index contributed by atoms with van der Waals surface area (Å²) in [6.45, 7) is 0. The fraction of sp³-hybridized carbons (Fsp3) is 0.118. The summed E-state index contributed by atoms with van der Waals surface area (Å²) in [7, 11) is 1.40. The van der Waals surface area contributed by atoms with Gasteiger partial charge in [0.25, 0.3) is 0 Å². The molecule has 0 aliphatic heterocycles. The average molecular weight is 326 g/mol. The van der Waals surface area contributed by atoms with E-state index in [9.17, 15) is 9.18 Å². The molecule has 0 saturated carbocycles. The van der Waals surface area contributed by atoms with Gasteiger partial charge in [0.2, 0.25) is 5.91 Å². The van der Waals surface area contributed by atoms with Crippen molar-refractivity contribution < 1.29 is 13.9 Å². The molecule has 0 atom stereocenters. The molecule has 24 heavy (non-hydrogen) atoms. The number of amides is 1. The predicted octanol–water partition coefficient (Wildman–Crippen LogP) is 2.60. The van der Waals surface area contributed by atoms with E-state index < -0.39 is 5.82 Å². The van der Waals surface area contributed by atoms with Crippen molar-refractivity contribution in [2.45, 2.75) is 6.42 Å². The second kappa shape index (κ2) is 6.91. The minimum Gasteiger partial charge on any atom is -0.494 e. The van der Waals surface area contributed by atoms with Crippen LogP contribution in [0.4, 0.5) is 10.1 Å². The van der Waals surface area contributed by atoms with Gasteiger partial charge in [-0.15, -0.1) is 0 Å². The summed E-state index contributed by atoms with van der Waals surface area (Å²) in [6.07, 6.45) is 3.11. The van der Waals surface area contributed by atoms with Crippen molar-refractivity contribution in [1.29, 1.82) is 0 Å². The van der Waals surface area contributed by atoms with Gasteiger partial charge in [0, 0.05) is 5.69 Å². The molecule has 0 fully saturated rings. The molecule has 1 aromatic heterocycles. The van der Waals surface area contributed by atoms with Gasteiger partial charge in [0.1, 0.15) is 12.7 Å². The van der Waals surface area contributed by atoms with Crippen LogP contribution in [0.5, 0.6) is 5.75 Å². The van der Waals surface area contributed by atoms with Gasteiger partial charge in [-0.25, -0.2) is 14.1 Å². The van der Waals surface area contributed by atoms with E-state index in [-0.39, 0.29) is 18.1 Å². The largest absolute Gasteiger partial charge is 0.494 e. The van der Waals surface area contributed by atoms with Crippen molar-refractivity contribution in [3.05, 3.63) is 66.5 Å². The van der Waals surface area contributed by atoms with Gasteiger partial charge in [-0.1, -0.05) is 6.07 Å². The van der Waals surface area contributed by atoms with Crippen molar-refractivity contribution in [2.75, 3.05) is 12.4 Å². The molecule has 0 aliphatic rings. The Labute approximate surface area is 137 Å². The Balaban J connectivity index is 1.63. The number of halogens is 1. The topological polar surface area (TPSA) is 69.0 Å². The molecule has 6 nitrogen and oxygen atoms in total. The first-order valence-corrected chi connectivity index (χ1v) is 7.23. The molecule has 0 radical (unpaired) electrons. The van der Waals surface area contributed by atoms with Gasteiger partial charge in [0.15, 0.2) is 11.6 Å². The lowest BCUT2D eigenvalue weighted by Gasteiger charge is -2.08. The van der Waals surface area contributed by atoms with E-state index >= 15 is 0 Å². The number of benzene rings is 2. The van der Waals surface area contributed by atoms with Crippen LogP contribution >= 0.6 is 0 Å². The van der Waals surface area contributed by atoms with E-state index in [1.807, 2.05) is 12.1 Å². The van der Waals surface area contributed by atoms with E-state index in [0.717, 1.165) is 5.69 Å². The maximum absolute atomic E-state index is 13.6. The fourth-order valence-electron chi connectivity index (χ4n) is 2.25. The van der Waals surface area contributed by atoms with Crippen LogP contribution < -0.4 is 10.1 Å². The highest BCUT2D eigenvalue weighted by molar-refractivity contribution is 5.92. The van der Waals surface area contributed by atoms with E-state index in [0.29, 0.717) is 11.3 Å². The Bertz CT molecular complexity index is 832. The summed E-state index contributed by atoms with van der Waals surface area (Å²) in [5, 5.41) is 6.80. The molecule has 1 amide bonds. The van der Waals surface area contributed by atoms with E-state index in [1.165, 1.54) is 25.6 Å². The van der Waals surface area contributed by atoms with Crippen LogP contribution in [0, 0.1) is 5.82 Å². The maximum Gasteiger partial charge on any atom is 0.228 e. The summed E-state index contributed by atoms with van der Waals surface area (Å²) in [5.41, 5.74) is 2.06. The predicted molar refractivity (Wildman–Crippen MR) is 86.6 cm³/mol. The number of rotatable bonds is 5. The van der Waals surface area contributed by atoms with Gasteiger partial charge in [0.05, 0.1) is 19.2 Å². The summed E-state index contributed by atoms with van der Waals surface area (Å²) < 4.78 is 20.1. The molecule has 0 unspecified atom stereocenters. The van der Waals surface area contributed by atoms with Gasteiger partial charge in [-0.3, -0.25) is 4.79 Å². The Morgan fingerprint density at radius 3 is 2.67 bits per heavy atom. The van der Waals surface area contributed by atoms with Crippen LogP contribution in [-0.2, 0) is 11.2 Å². The molecule has 0 saturated heterocycles. The summed E-state index contributed by atoms with van der Waals surface area (Å²) in [4.78, 5) is 15.9. The molecule has 122 valence electrons. The summed E-state index contributed by atoms with van der Waals surface area (Å²) in [6, 6.07) is 11.6. The molecule has 0 aliphatic carbocycles. The first-order valence-electron chi connectivity index (χ1n) is 7.23. The molecule has 1 N–H and O–H groups in total. The standard InChI is InChI=1S/C17H15FN4O2/c1-24-16-7-2-12(8-15(16)18)9-17(23)21-13-3-5-14(6-4-13)22-11-19-10-20-22/h2-8,10-11H,9H2,1H3,(H,21,23). The number of methoxy groups -OCH3 is 1. The van der Waals surface area contributed by atoms with Crippen LogP contribution in [0.25, 0.3) is 5.69 Å². The summed E-state index contributed by atoms with van der Waals surface area (Å²) in [5.74, 6) is -0.559. The number of carbonyl (C=O) groups is 1. The zero-order valence-electron chi connectivity index (χ0n) is 12.9. The van der Waals surface area contributed by atoms with Crippen molar-refractivity contribution >= 4 is 11.6 Å². The van der Waals surface area contributed by atoms with Crippen molar-refractivity contribution in [2.24, 2.45) is 0 Å². The quantitative estimate of drug-likeness (QED) is 0.782. The van der Waals surface area contributed by atoms with Crippen molar-refractivity contribution in [3.63, 3.8) is 0 Å². The van der Waals surface area contributed by atoms with E-state index in [2.05, 4.69) is 15.4 Å². The molecular formula is C17H15FN4O2. The number of nitrogens with zero attached hydrogens (tertiary/aromatic N) is 3. The Morgan fingerprint density at radius 1 is 1.25 bits per heavy atom. The highest BCUT2D eigenvalue weighted by Gasteiger charge is 2.08. The van der Waals surface area contributed by atoms with E-state index in [4.69, 9.17) is 4.74 Å². The fourth-order valence-corrected chi connectivity index (χ4v) is 2.25. The van der Waals surface area contributed by atoms with Crippen LogP contribution in [0.2, 0.25) is 0 Å². The number of anilines is 1. The van der Waals surface area contributed by atoms with Crippen LogP contribution in [0.15, 0.2) is 55.1 Å². The second-order valence-electron chi connectivity index (χ2n) is 5.08. The third-order valence-corrected chi connectivity index (χ3v) is 3.42. The molecule has 0 bridgehead atoms. The second-order valence-corrected chi connectivity index (χ2v) is 5.08. The SMILES string of the molecule is COc1ccc(CC(=O)Nc2ccc(-n3cncn3)cc2)cc1F. The minimum absolute atomic E-state index is 0.0751. The first kappa shape index (κ1) is 15.7. The average Bonchev–Trinajstić information content (AvgIpc) is 3.10.